The molecule has 0 spiro atoms. The van der Waals surface area contributed by atoms with Gasteiger partial charge in [0, 0.05) is 17.1 Å². The molecule has 3 N–H and O–H groups in total. The molecule has 22 heavy (non-hydrogen) atoms. The van der Waals surface area contributed by atoms with E-state index in [0.29, 0.717) is 28.9 Å². The van der Waals surface area contributed by atoms with Crippen molar-refractivity contribution in [1.82, 2.24) is 4.98 Å². The largest absolute Gasteiger partial charge is 0.494 e. The van der Waals surface area contributed by atoms with Crippen molar-refractivity contribution in [3.63, 3.8) is 0 Å². The van der Waals surface area contributed by atoms with Gasteiger partial charge < -0.3 is 20.1 Å². The summed E-state index contributed by atoms with van der Waals surface area (Å²) in [5.74, 6) is -0.340. The van der Waals surface area contributed by atoms with Crippen molar-refractivity contribution in [3.05, 3.63) is 24.4 Å². The number of amides is 1. The maximum atomic E-state index is 12.2. The van der Waals surface area contributed by atoms with Gasteiger partial charge in [0.2, 0.25) is 5.91 Å². The molecular weight excluding hydrogens is 301 g/mol. The monoisotopic (exact) mass is 316 g/mol. The van der Waals surface area contributed by atoms with Crippen LogP contribution in [0.15, 0.2) is 24.4 Å². The highest BCUT2D eigenvalue weighted by molar-refractivity contribution is 6.02. The first-order valence-corrected chi connectivity index (χ1v) is 6.60. The van der Waals surface area contributed by atoms with Crippen molar-refractivity contribution >= 4 is 22.5 Å². The van der Waals surface area contributed by atoms with Gasteiger partial charge >= 0.3 is 6.18 Å². The van der Waals surface area contributed by atoms with E-state index in [4.69, 9.17) is 9.84 Å². The van der Waals surface area contributed by atoms with Crippen LogP contribution in [0.3, 0.4) is 0 Å². The molecule has 1 aromatic carbocycles. The second-order valence-corrected chi connectivity index (χ2v) is 4.65. The number of halogens is 3. The highest BCUT2D eigenvalue weighted by Gasteiger charge is 2.39. The summed E-state index contributed by atoms with van der Waals surface area (Å²) in [4.78, 5) is 14.5. The predicted octanol–water partition coefficient (Wildman–Crippen LogP) is 2.82. The Morgan fingerprint density at radius 2 is 2.18 bits per heavy atom. The first kappa shape index (κ1) is 16.2. The van der Waals surface area contributed by atoms with Crippen molar-refractivity contribution in [2.45, 2.75) is 25.6 Å². The maximum Gasteiger partial charge on any atom is 0.414 e. The van der Waals surface area contributed by atoms with Crippen LogP contribution in [0, 0.1) is 0 Å². The van der Waals surface area contributed by atoms with Crippen molar-refractivity contribution < 1.29 is 27.8 Å². The number of rotatable bonds is 5. The number of carbonyl (C=O) groups is 1. The number of aromatic amines is 1. The standard InChI is InChI=1S/C14H15F3N2O3/c1-2-22-8-3-4-10-9(5-8)11(7-18-10)19-13(21)6-12(20)14(15,16)17/h3-5,7,12,18,20H,2,6H2,1H3,(H,19,21). The van der Waals surface area contributed by atoms with E-state index in [1.807, 2.05) is 6.92 Å². The fraction of sp³-hybridized carbons (Fsp3) is 0.357. The average Bonchev–Trinajstić information content (AvgIpc) is 2.80. The van der Waals surface area contributed by atoms with Crippen LogP contribution in [0.1, 0.15) is 13.3 Å². The predicted molar refractivity (Wildman–Crippen MR) is 74.8 cm³/mol. The lowest BCUT2D eigenvalue weighted by Gasteiger charge is -2.13. The van der Waals surface area contributed by atoms with Gasteiger partial charge in [-0.1, -0.05) is 0 Å². The van der Waals surface area contributed by atoms with Gasteiger partial charge in [0.15, 0.2) is 6.10 Å². The van der Waals surface area contributed by atoms with Crippen LogP contribution in [0.25, 0.3) is 10.9 Å². The first-order chi connectivity index (χ1) is 10.3. The molecule has 2 aromatic rings. The van der Waals surface area contributed by atoms with E-state index in [9.17, 15) is 18.0 Å². The molecule has 8 heteroatoms. The number of hydrogen-bond acceptors (Lipinski definition) is 3. The molecule has 1 heterocycles. The van der Waals surface area contributed by atoms with Gasteiger partial charge in [-0.2, -0.15) is 13.2 Å². The molecular formula is C14H15F3N2O3. The molecule has 0 aliphatic rings. The van der Waals surface area contributed by atoms with E-state index in [-0.39, 0.29) is 0 Å². The highest BCUT2D eigenvalue weighted by atomic mass is 19.4. The lowest BCUT2D eigenvalue weighted by molar-refractivity contribution is -0.205. The zero-order valence-corrected chi connectivity index (χ0v) is 11.7. The van der Waals surface area contributed by atoms with Crippen LogP contribution in [-0.4, -0.2) is 34.9 Å². The molecule has 1 atom stereocenters. The molecule has 0 aliphatic carbocycles. The molecule has 0 saturated carbocycles. The summed E-state index contributed by atoms with van der Waals surface area (Å²) in [6.45, 7) is 2.29. The number of aliphatic hydroxyl groups excluding tert-OH is 1. The van der Waals surface area contributed by atoms with Crippen LogP contribution < -0.4 is 10.1 Å². The topological polar surface area (TPSA) is 74.3 Å². The van der Waals surface area contributed by atoms with E-state index in [0.717, 1.165) is 0 Å². The van der Waals surface area contributed by atoms with Gasteiger partial charge in [-0.25, -0.2) is 0 Å². The summed E-state index contributed by atoms with van der Waals surface area (Å²) < 4.78 is 42.0. The third kappa shape index (κ3) is 3.70. The van der Waals surface area contributed by atoms with Gasteiger partial charge in [0.05, 0.1) is 18.7 Å². The Kier molecular flexibility index (Phi) is 4.60. The summed E-state index contributed by atoms with van der Waals surface area (Å²) in [6.07, 6.45) is -7.09. The number of aliphatic hydroxyl groups is 1. The summed E-state index contributed by atoms with van der Waals surface area (Å²) in [5.41, 5.74) is 1.03. The van der Waals surface area contributed by atoms with E-state index in [1.165, 1.54) is 6.20 Å². The minimum atomic E-state index is -4.82. The average molecular weight is 316 g/mol. The van der Waals surface area contributed by atoms with E-state index in [2.05, 4.69) is 10.3 Å². The molecule has 0 radical (unpaired) electrons. The molecule has 0 saturated heterocycles. The Hall–Kier alpha value is -2.22. The van der Waals surface area contributed by atoms with Gasteiger partial charge in [-0.05, 0) is 25.1 Å². The maximum absolute atomic E-state index is 12.2. The van der Waals surface area contributed by atoms with E-state index >= 15 is 0 Å². The Morgan fingerprint density at radius 1 is 1.45 bits per heavy atom. The zero-order chi connectivity index (χ0) is 16.3. The molecule has 1 aromatic heterocycles. The van der Waals surface area contributed by atoms with Gasteiger partial charge in [-0.15, -0.1) is 0 Å². The molecule has 2 rings (SSSR count). The van der Waals surface area contributed by atoms with Gasteiger partial charge in [0.25, 0.3) is 0 Å². The number of ether oxygens (including phenoxy) is 1. The number of anilines is 1. The molecule has 1 amide bonds. The van der Waals surface area contributed by atoms with Crippen LogP contribution in [0.5, 0.6) is 5.75 Å². The fourth-order valence-corrected chi connectivity index (χ4v) is 1.95. The zero-order valence-electron chi connectivity index (χ0n) is 11.7. The van der Waals surface area contributed by atoms with Crippen LogP contribution in [0.2, 0.25) is 0 Å². The van der Waals surface area contributed by atoms with E-state index < -0.39 is 24.6 Å². The lowest BCUT2D eigenvalue weighted by Crippen LogP contribution is -2.32. The number of benzene rings is 1. The van der Waals surface area contributed by atoms with Crippen molar-refractivity contribution in [2.75, 3.05) is 11.9 Å². The number of hydrogen-bond donors (Lipinski definition) is 3. The van der Waals surface area contributed by atoms with Crippen LogP contribution in [0.4, 0.5) is 18.9 Å². The number of H-pyrrole nitrogens is 1. The SMILES string of the molecule is CCOc1ccc2[nH]cc(NC(=O)CC(O)C(F)(F)F)c2c1. The Bertz CT molecular complexity index is 667. The second kappa shape index (κ2) is 6.27. The smallest absolute Gasteiger partial charge is 0.414 e. The third-order valence-electron chi connectivity index (χ3n) is 2.99. The second-order valence-electron chi connectivity index (χ2n) is 4.65. The molecule has 1 unspecified atom stereocenters. The summed E-state index contributed by atoms with van der Waals surface area (Å²) in [6, 6.07) is 5.15. The number of alkyl halides is 3. The number of fused-ring (bicyclic) bond motifs is 1. The molecule has 0 fully saturated rings. The molecule has 5 nitrogen and oxygen atoms in total. The Balaban J connectivity index is 2.14. The third-order valence-corrected chi connectivity index (χ3v) is 2.99. The lowest BCUT2D eigenvalue weighted by atomic mass is 10.2. The quantitative estimate of drug-likeness (QED) is 0.794. The van der Waals surface area contributed by atoms with E-state index in [1.54, 1.807) is 18.2 Å². The molecule has 120 valence electrons. The number of aromatic nitrogens is 1. The van der Waals surface area contributed by atoms with Crippen molar-refractivity contribution in [2.24, 2.45) is 0 Å². The molecule has 0 bridgehead atoms. The first-order valence-electron chi connectivity index (χ1n) is 6.60. The number of nitrogens with one attached hydrogen (secondary N) is 2. The van der Waals surface area contributed by atoms with Gasteiger partial charge in [0.1, 0.15) is 5.75 Å². The Labute approximate surface area is 124 Å². The minimum absolute atomic E-state index is 0.330. The molecule has 0 aliphatic heterocycles. The highest BCUT2D eigenvalue weighted by Crippen LogP contribution is 2.28. The summed E-state index contributed by atoms with van der Waals surface area (Å²) >= 11 is 0. The fourth-order valence-electron chi connectivity index (χ4n) is 1.95. The van der Waals surface area contributed by atoms with Crippen molar-refractivity contribution in [3.8, 4) is 5.75 Å². The minimum Gasteiger partial charge on any atom is -0.494 e. The Morgan fingerprint density at radius 3 is 2.82 bits per heavy atom. The number of carbonyl (C=O) groups excluding carboxylic acids is 1. The van der Waals surface area contributed by atoms with Crippen LogP contribution in [-0.2, 0) is 4.79 Å². The summed E-state index contributed by atoms with van der Waals surface area (Å²) in [5, 5.41) is 11.9. The summed E-state index contributed by atoms with van der Waals surface area (Å²) in [7, 11) is 0. The van der Waals surface area contributed by atoms with Crippen LogP contribution >= 0.6 is 0 Å². The van der Waals surface area contributed by atoms with Gasteiger partial charge in [-0.3, -0.25) is 4.79 Å². The normalized spacial score (nSPS) is 13.1. The van der Waals surface area contributed by atoms with Crippen molar-refractivity contribution in [1.29, 1.82) is 0 Å².